The first-order valence-electron chi connectivity index (χ1n) is 11.5. The Bertz CT molecular complexity index is 1350. The second-order valence-corrected chi connectivity index (χ2v) is 9.16. The van der Waals surface area contributed by atoms with Gasteiger partial charge >= 0.3 is 0 Å². The summed E-state index contributed by atoms with van der Waals surface area (Å²) in [5, 5.41) is 21.3. The summed E-state index contributed by atoms with van der Waals surface area (Å²) in [6.07, 6.45) is 0.849. The van der Waals surface area contributed by atoms with Gasteiger partial charge in [-0.25, -0.2) is 4.98 Å². The van der Waals surface area contributed by atoms with Crippen LogP contribution in [0, 0.1) is 18.3 Å². The lowest BCUT2D eigenvalue weighted by molar-refractivity contribution is 0.178. The molecule has 5 rings (SSSR count). The number of likely N-dealkylation sites (N-methyl/N-ethyl adjacent to an activating group) is 1. The first-order chi connectivity index (χ1) is 16.0. The van der Waals surface area contributed by atoms with Gasteiger partial charge in [-0.1, -0.05) is 42.5 Å². The maximum absolute atomic E-state index is 11.2. The Hall–Kier alpha value is -3.40. The molecule has 1 aliphatic heterocycles. The first-order valence-corrected chi connectivity index (χ1v) is 11.5. The number of fused-ring (bicyclic) bond motifs is 3. The summed E-state index contributed by atoms with van der Waals surface area (Å²) in [7, 11) is 4.25. The van der Waals surface area contributed by atoms with Crippen molar-refractivity contribution < 1.29 is 5.11 Å². The normalized spacial score (nSPS) is 17.2. The van der Waals surface area contributed by atoms with Crippen LogP contribution >= 0.6 is 0 Å². The molecule has 1 fully saturated rings. The van der Waals surface area contributed by atoms with Crippen LogP contribution < -0.4 is 4.90 Å². The fraction of sp³-hybridized carbons (Fsp3) is 0.333. The molecule has 0 saturated carbocycles. The van der Waals surface area contributed by atoms with Gasteiger partial charge in [0, 0.05) is 31.1 Å². The number of benzene rings is 2. The molecule has 1 N–H and O–H groups in total. The summed E-state index contributed by atoms with van der Waals surface area (Å²) in [6, 6.07) is 20.7. The second kappa shape index (κ2) is 8.51. The summed E-state index contributed by atoms with van der Waals surface area (Å²) >= 11 is 0. The van der Waals surface area contributed by atoms with E-state index in [1.165, 1.54) is 0 Å². The molecule has 2 aromatic carbocycles. The third-order valence-electron chi connectivity index (χ3n) is 6.98. The topological polar surface area (TPSA) is 67.8 Å². The van der Waals surface area contributed by atoms with E-state index in [1.54, 1.807) is 0 Å². The molecule has 0 aliphatic carbocycles. The van der Waals surface area contributed by atoms with Crippen molar-refractivity contribution in [3.63, 3.8) is 0 Å². The molecule has 1 saturated heterocycles. The smallest absolute Gasteiger partial charge is 0.157 e. The van der Waals surface area contributed by atoms with Gasteiger partial charge in [-0.3, -0.25) is 4.40 Å². The maximum atomic E-state index is 11.2. The molecular formula is C27H29N5O. The summed E-state index contributed by atoms with van der Waals surface area (Å²) < 4.78 is 2.14. The molecule has 1 aliphatic rings. The molecule has 4 aromatic rings. The Morgan fingerprint density at radius 3 is 2.58 bits per heavy atom. The molecule has 3 heterocycles. The van der Waals surface area contributed by atoms with Crippen LogP contribution in [0.3, 0.4) is 0 Å². The SMILES string of the molecule is Cc1c(CC(O)c2ccccc2)c(N2CC[C@H](N(C)C)C2)n2c(nc3ccccc32)c1C#N. The number of para-hydroxylation sites is 2. The highest BCUT2D eigenvalue weighted by Gasteiger charge is 2.31. The minimum atomic E-state index is -0.658. The van der Waals surface area contributed by atoms with Gasteiger partial charge in [-0.15, -0.1) is 0 Å². The molecule has 2 atom stereocenters. The molecule has 33 heavy (non-hydrogen) atoms. The minimum Gasteiger partial charge on any atom is -0.388 e. The van der Waals surface area contributed by atoms with Crippen molar-refractivity contribution in [1.82, 2.24) is 14.3 Å². The number of nitriles is 1. The van der Waals surface area contributed by atoms with E-state index in [0.717, 1.165) is 53.1 Å². The van der Waals surface area contributed by atoms with Crippen LogP contribution in [0.1, 0.15) is 34.8 Å². The van der Waals surface area contributed by atoms with E-state index in [9.17, 15) is 10.4 Å². The number of imidazole rings is 1. The monoisotopic (exact) mass is 439 g/mol. The van der Waals surface area contributed by atoms with E-state index < -0.39 is 6.10 Å². The highest BCUT2D eigenvalue weighted by molar-refractivity contribution is 5.86. The summed E-state index contributed by atoms with van der Waals surface area (Å²) in [4.78, 5) is 9.54. The van der Waals surface area contributed by atoms with Gasteiger partial charge in [0.25, 0.3) is 0 Å². The number of hydrogen-bond acceptors (Lipinski definition) is 5. The summed E-state index contributed by atoms with van der Waals surface area (Å²) in [5.74, 6) is 1.05. The first kappa shape index (κ1) is 21.4. The highest BCUT2D eigenvalue weighted by Crippen LogP contribution is 2.37. The zero-order valence-corrected chi connectivity index (χ0v) is 19.4. The quantitative estimate of drug-likeness (QED) is 0.507. The Balaban J connectivity index is 1.76. The zero-order chi connectivity index (χ0) is 23.1. The van der Waals surface area contributed by atoms with E-state index >= 15 is 0 Å². The Morgan fingerprint density at radius 1 is 1.15 bits per heavy atom. The van der Waals surface area contributed by atoms with E-state index in [2.05, 4.69) is 40.4 Å². The number of rotatable bonds is 5. The molecule has 6 heteroatoms. The molecule has 6 nitrogen and oxygen atoms in total. The van der Waals surface area contributed by atoms with Gasteiger partial charge in [0.15, 0.2) is 5.65 Å². The van der Waals surface area contributed by atoms with Crippen molar-refractivity contribution in [2.45, 2.75) is 31.9 Å². The molecule has 0 amide bonds. The van der Waals surface area contributed by atoms with Crippen molar-refractivity contribution in [1.29, 1.82) is 5.26 Å². The number of nitrogens with zero attached hydrogens (tertiary/aromatic N) is 5. The van der Waals surface area contributed by atoms with Crippen LogP contribution in [0.15, 0.2) is 54.6 Å². The van der Waals surface area contributed by atoms with Crippen molar-refractivity contribution in [2.75, 3.05) is 32.1 Å². The van der Waals surface area contributed by atoms with Crippen molar-refractivity contribution in [3.05, 3.63) is 76.9 Å². The standard InChI is InChI=1S/C27H29N5O/c1-18-21(15-25(33)19-9-5-4-6-10-19)27(31-14-13-20(17-31)30(2)3)32-24-12-8-7-11-23(24)29-26(32)22(18)16-28/h4-12,20,25,33H,13-15,17H2,1-3H3/t20-,25?/m0/s1. The lowest BCUT2D eigenvalue weighted by Crippen LogP contribution is -2.32. The lowest BCUT2D eigenvalue weighted by Gasteiger charge is -2.28. The largest absolute Gasteiger partial charge is 0.388 e. The summed E-state index contributed by atoms with van der Waals surface area (Å²) in [6.45, 7) is 3.81. The zero-order valence-electron chi connectivity index (χ0n) is 19.4. The average Bonchev–Trinajstić information content (AvgIpc) is 3.46. The Morgan fingerprint density at radius 2 is 1.88 bits per heavy atom. The Kier molecular flexibility index (Phi) is 5.53. The number of aliphatic hydroxyl groups is 1. The van der Waals surface area contributed by atoms with Gasteiger partial charge in [0.05, 0.1) is 22.7 Å². The van der Waals surface area contributed by atoms with Gasteiger partial charge in [0.1, 0.15) is 11.9 Å². The van der Waals surface area contributed by atoms with E-state index in [4.69, 9.17) is 4.98 Å². The molecule has 0 radical (unpaired) electrons. The number of pyridine rings is 1. The average molecular weight is 440 g/mol. The maximum Gasteiger partial charge on any atom is 0.157 e. The van der Waals surface area contributed by atoms with Gasteiger partial charge in [-0.05, 0) is 50.7 Å². The Labute approximate surface area is 194 Å². The van der Waals surface area contributed by atoms with E-state index in [-0.39, 0.29) is 0 Å². The predicted molar refractivity (Wildman–Crippen MR) is 132 cm³/mol. The molecule has 2 aromatic heterocycles. The molecule has 1 unspecified atom stereocenters. The predicted octanol–water partition coefficient (Wildman–Crippen LogP) is 4.08. The van der Waals surface area contributed by atoms with Crippen LogP contribution in [0.2, 0.25) is 0 Å². The van der Waals surface area contributed by atoms with Crippen molar-refractivity contribution in [2.24, 2.45) is 0 Å². The highest BCUT2D eigenvalue weighted by atomic mass is 16.3. The fourth-order valence-electron chi connectivity index (χ4n) is 5.08. The van der Waals surface area contributed by atoms with Crippen LogP contribution in [-0.2, 0) is 6.42 Å². The number of anilines is 1. The van der Waals surface area contributed by atoms with Crippen LogP contribution in [0.25, 0.3) is 16.7 Å². The molecule has 168 valence electrons. The number of hydrogen-bond donors (Lipinski definition) is 1. The summed E-state index contributed by atoms with van der Waals surface area (Å²) in [5.41, 5.74) is 5.92. The molecule has 0 spiro atoms. The van der Waals surface area contributed by atoms with Crippen LogP contribution in [-0.4, -0.2) is 52.6 Å². The van der Waals surface area contributed by atoms with Gasteiger partial charge in [-0.2, -0.15) is 5.26 Å². The van der Waals surface area contributed by atoms with Crippen molar-refractivity contribution >= 4 is 22.5 Å². The number of aliphatic hydroxyl groups excluding tert-OH is 1. The third-order valence-corrected chi connectivity index (χ3v) is 6.98. The van der Waals surface area contributed by atoms with Gasteiger partial charge in [0.2, 0.25) is 0 Å². The molecule has 0 bridgehead atoms. The third kappa shape index (κ3) is 3.64. The van der Waals surface area contributed by atoms with Gasteiger partial charge < -0.3 is 14.9 Å². The van der Waals surface area contributed by atoms with E-state index in [0.29, 0.717) is 23.7 Å². The fourth-order valence-corrected chi connectivity index (χ4v) is 5.08. The minimum absolute atomic E-state index is 0.436. The van der Waals surface area contributed by atoms with Crippen molar-refractivity contribution in [3.8, 4) is 6.07 Å². The van der Waals surface area contributed by atoms with Crippen LogP contribution in [0.4, 0.5) is 5.82 Å². The van der Waals surface area contributed by atoms with Crippen LogP contribution in [0.5, 0.6) is 0 Å². The van der Waals surface area contributed by atoms with E-state index in [1.807, 2.05) is 55.5 Å². The second-order valence-electron chi connectivity index (χ2n) is 9.16. The lowest BCUT2D eigenvalue weighted by atomic mass is 9.95. The molecular weight excluding hydrogens is 410 g/mol. The number of aromatic nitrogens is 2.